The largest absolute Gasteiger partial charge is 0.497 e. The zero-order valence-electron chi connectivity index (χ0n) is 10.9. The molecule has 1 heterocycles. The van der Waals surface area contributed by atoms with E-state index in [1.165, 1.54) is 10.6 Å². The van der Waals surface area contributed by atoms with Gasteiger partial charge in [-0.05, 0) is 38.1 Å². The lowest BCUT2D eigenvalue weighted by atomic mass is 10.1. The van der Waals surface area contributed by atoms with Crippen LogP contribution in [0.25, 0.3) is 0 Å². The third-order valence-electron chi connectivity index (χ3n) is 3.17. The highest BCUT2D eigenvalue weighted by Gasteiger charge is 2.19. The third-order valence-corrected chi connectivity index (χ3v) is 4.34. The molecule has 0 radical (unpaired) electrons. The number of allylic oxidation sites excluding steroid dienone is 2. The number of benzene rings is 1. The van der Waals surface area contributed by atoms with Gasteiger partial charge in [-0.2, -0.15) is 0 Å². The second-order valence-corrected chi connectivity index (χ2v) is 5.42. The molecule has 3 nitrogen and oxygen atoms in total. The molecular formula is C14H17NO2S. The summed E-state index contributed by atoms with van der Waals surface area (Å²) < 4.78 is 5.08. The van der Waals surface area contributed by atoms with E-state index in [1.807, 2.05) is 24.3 Å². The summed E-state index contributed by atoms with van der Waals surface area (Å²) in [6, 6.07) is 7.27. The quantitative estimate of drug-likeness (QED) is 0.781. The summed E-state index contributed by atoms with van der Waals surface area (Å²) in [5.41, 5.74) is 1.94. The van der Waals surface area contributed by atoms with Gasteiger partial charge in [-0.1, -0.05) is 0 Å². The molecule has 0 saturated heterocycles. The number of hydrogen-bond donors (Lipinski definition) is 0. The molecule has 96 valence electrons. The topological polar surface area (TPSA) is 29.5 Å². The van der Waals surface area contributed by atoms with Crippen LogP contribution in [0.4, 0.5) is 0 Å². The van der Waals surface area contributed by atoms with E-state index in [0.717, 1.165) is 17.2 Å². The highest BCUT2D eigenvalue weighted by molar-refractivity contribution is 8.03. The lowest BCUT2D eigenvalue weighted by Gasteiger charge is -2.18. The molecule has 0 amide bonds. The maximum atomic E-state index is 12.1. The lowest BCUT2D eigenvalue weighted by molar-refractivity contribution is 0.0958. The van der Waals surface area contributed by atoms with Crippen LogP contribution in [0.1, 0.15) is 24.2 Å². The number of carbonyl (C=O) groups excluding carboxylic acids is 1. The minimum Gasteiger partial charge on any atom is -0.497 e. The Labute approximate surface area is 112 Å². The molecule has 4 heteroatoms. The van der Waals surface area contributed by atoms with Gasteiger partial charge in [0.2, 0.25) is 0 Å². The Morgan fingerprint density at radius 1 is 1.33 bits per heavy atom. The van der Waals surface area contributed by atoms with Crippen LogP contribution in [0.15, 0.2) is 34.9 Å². The van der Waals surface area contributed by atoms with Gasteiger partial charge in [-0.15, -0.1) is 11.8 Å². The van der Waals surface area contributed by atoms with E-state index in [-0.39, 0.29) is 5.78 Å². The molecule has 18 heavy (non-hydrogen) atoms. The van der Waals surface area contributed by atoms with E-state index < -0.39 is 0 Å². The first-order valence-electron chi connectivity index (χ1n) is 5.84. The van der Waals surface area contributed by atoms with Crippen LogP contribution in [0.2, 0.25) is 0 Å². The number of carbonyl (C=O) groups is 1. The van der Waals surface area contributed by atoms with Crippen molar-refractivity contribution in [3.8, 4) is 5.75 Å². The van der Waals surface area contributed by atoms with Crippen molar-refractivity contribution < 1.29 is 9.53 Å². The summed E-state index contributed by atoms with van der Waals surface area (Å²) in [5, 5.41) is 0. The standard InChI is InChI=1S/C14H17NO2S/c1-10-11(2)18-9-15(10)8-14(16)12-4-6-13(17-3)7-5-12/h4-7H,8-9H2,1-3H3. The van der Waals surface area contributed by atoms with E-state index in [0.29, 0.717) is 6.54 Å². The Morgan fingerprint density at radius 3 is 2.50 bits per heavy atom. The Morgan fingerprint density at radius 2 is 2.00 bits per heavy atom. The third kappa shape index (κ3) is 2.70. The van der Waals surface area contributed by atoms with Crippen molar-refractivity contribution >= 4 is 17.5 Å². The van der Waals surface area contributed by atoms with Crippen LogP contribution >= 0.6 is 11.8 Å². The summed E-state index contributed by atoms with van der Waals surface area (Å²) in [6.07, 6.45) is 0. The van der Waals surface area contributed by atoms with Crippen molar-refractivity contribution in [2.45, 2.75) is 13.8 Å². The summed E-state index contributed by atoms with van der Waals surface area (Å²) in [5.74, 6) is 1.79. The summed E-state index contributed by atoms with van der Waals surface area (Å²) in [4.78, 5) is 15.6. The highest BCUT2D eigenvalue weighted by atomic mass is 32.2. The van der Waals surface area contributed by atoms with Gasteiger partial charge in [0.15, 0.2) is 5.78 Å². The zero-order valence-corrected chi connectivity index (χ0v) is 11.7. The SMILES string of the molecule is COc1ccc(C(=O)CN2CSC(C)=C2C)cc1. The monoisotopic (exact) mass is 263 g/mol. The molecule has 0 aromatic heterocycles. The fourth-order valence-corrected chi connectivity index (χ4v) is 2.78. The fourth-order valence-electron chi connectivity index (χ4n) is 1.80. The van der Waals surface area contributed by atoms with Gasteiger partial charge in [-0.3, -0.25) is 4.79 Å². The van der Waals surface area contributed by atoms with Crippen LogP contribution in [-0.2, 0) is 0 Å². The smallest absolute Gasteiger partial charge is 0.182 e. The lowest BCUT2D eigenvalue weighted by Crippen LogP contribution is -2.25. The Bertz CT molecular complexity index is 479. The number of ketones is 1. The van der Waals surface area contributed by atoms with Gasteiger partial charge < -0.3 is 9.64 Å². The molecule has 2 rings (SSSR count). The Kier molecular flexibility index (Phi) is 3.97. The number of nitrogens with zero attached hydrogens (tertiary/aromatic N) is 1. The average Bonchev–Trinajstić information content (AvgIpc) is 2.71. The minimum absolute atomic E-state index is 0.146. The van der Waals surface area contributed by atoms with Crippen LogP contribution in [-0.4, -0.2) is 30.2 Å². The zero-order chi connectivity index (χ0) is 13.1. The van der Waals surface area contributed by atoms with Crippen molar-refractivity contribution in [3.05, 3.63) is 40.4 Å². The second-order valence-electron chi connectivity index (χ2n) is 4.26. The molecule has 0 spiro atoms. The highest BCUT2D eigenvalue weighted by Crippen LogP contribution is 2.30. The molecule has 1 aliphatic rings. The molecule has 0 atom stereocenters. The van der Waals surface area contributed by atoms with Crippen LogP contribution in [0.3, 0.4) is 0 Å². The molecule has 0 bridgehead atoms. The van der Waals surface area contributed by atoms with Gasteiger partial charge >= 0.3 is 0 Å². The normalized spacial score (nSPS) is 15.2. The number of hydrogen-bond acceptors (Lipinski definition) is 4. The number of methoxy groups -OCH3 is 1. The first kappa shape index (κ1) is 13.0. The van der Waals surface area contributed by atoms with Crippen LogP contribution < -0.4 is 4.74 Å². The van der Waals surface area contributed by atoms with E-state index in [1.54, 1.807) is 18.9 Å². The van der Waals surface area contributed by atoms with E-state index in [9.17, 15) is 4.79 Å². The molecule has 1 aliphatic heterocycles. The number of rotatable bonds is 4. The first-order valence-corrected chi connectivity index (χ1v) is 6.83. The molecule has 0 N–H and O–H groups in total. The van der Waals surface area contributed by atoms with Gasteiger partial charge in [0.1, 0.15) is 5.75 Å². The van der Waals surface area contributed by atoms with Crippen LogP contribution in [0.5, 0.6) is 5.75 Å². The fraction of sp³-hybridized carbons (Fsp3) is 0.357. The maximum absolute atomic E-state index is 12.1. The molecule has 1 aromatic rings. The predicted molar refractivity (Wildman–Crippen MR) is 74.9 cm³/mol. The summed E-state index contributed by atoms with van der Waals surface area (Å²) in [7, 11) is 1.62. The molecule has 0 saturated carbocycles. The van der Waals surface area contributed by atoms with Crippen molar-refractivity contribution in [2.24, 2.45) is 0 Å². The predicted octanol–water partition coefficient (Wildman–Crippen LogP) is 3.14. The molecular weight excluding hydrogens is 246 g/mol. The van der Waals surface area contributed by atoms with Crippen molar-refractivity contribution in [1.29, 1.82) is 0 Å². The number of thioether (sulfide) groups is 1. The number of Topliss-reactive ketones (excluding diaryl/α,β-unsaturated/α-hetero) is 1. The second kappa shape index (κ2) is 5.48. The molecule has 0 fully saturated rings. The summed E-state index contributed by atoms with van der Waals surface area (Å²) >= 11 is 1.79. The Hall–Kier alpha value is -1.42. The van der Waals surface area contributed by atoms with Gasteiger partial charge in [-0.25, -0.2) is 0 Å². The van der Waals surface area contributed by atoms with Gasteiger partial charge in [0, 0.05) is 16.2 Å². The first-order chi connectivity index (χ1) is 8.61. The van der Waals surface area contributed by atoms with E-state index in [2.05, 4.69) is 18.7 Å². The maximum Gasteiger partial charge on any atom is 0.182 e. The molecule has 0 aliphatic carbocycles. The van der Waals surface area contributed by atoms with Crippen LogP contribution in [0, 0.1) is 0 Å². The van der Waals surface area contributed by atoms with Crippen molar-refractivity contribution in [1.82, 2.24) is 4.90 Å². The molecule has 0 unspecified atom stereocenters. The average molecular weight is 263 g/mol. The Balaban J connectivity index is 2.04. The molecule has 1 aromatic carbocycles. The van der Waals surface area contributed by atoms with Gasteiger partial charge in [0.25, 0.3) is 0 Å². The van der Waals surface area contributed by atoms with E-state index >= 15 is 0 Å². The van der Waals surface area contributed by atoms with E-state index in [4.69, 9.17) is 4.74 Å². The minimum atomic E-state index is 0.146. The number of ether oxygens (including phenoxy) is 1. The van der Waals surface area contributed by atoms with Crippen molar-refractivity contribution in [2.75, 3.05) is 19.5 Å². The van der Waals surface area contributed by atoms with Gasteiger partial charge in [0.05, 0.1) is 19.5 Å². The van der Waals surface area contributed by atoms with Crippen molar-refractivity contribution in [3.63, 3.8) is 0 Å². The summed E-state index contributed by atoms with van der Waals surface area (Å²) in [6.45, 7) is 4.61.